The first kappa shape index (κ1) is 13.6. The lowest BCUT2D eigenvalue weighted by Crippen LogP contribution is -2.35. The molecule has 0 bridgehead atoms. The van der Waals surface area contributed by atoms with Crippen LogP contribution in [-0.2, 0) is 6.54 Å². The van der Waals surface area contributed by atoms with Crippen LogP contribution >= 0.6 is 15.9 Å². The molecule has 1 aromatic carbocycles. The van der Waals surface area contributed by atoms with Crippen LogP contribution in [0.4, 0.5) is 13.6 Å². The van der Waals surface area contributed by atoms with Crippen LogP contribution in [0.1, 0.15) is 5.56 Å². The Labute approximate surface area is 106 Å². The Kier molecular flexibility index (Phi) is 5.09. The molecule has 1 rings (SSSR count). The number of urea groups is 1. The largest absolute Gasteiger partial charge is 0.334 e. The minimum Gasteiger partial charge on any atom is -0.334 e. The SMILES string of the molecule is C=C(Br)CNC(=O)NCc1cc(F)ccc1F. The van der Waals surface area contributed by atoms with Gasteiger partial charge in [0, 0.05) is 16.6 Å². The average Bonchev–Trinajstić information content (AvgIpc) is 2.27. The van der Waals surface area contributed by atoms with Crippen molar-refractivity contribution in [2.75, 3.05) is 6.54 Å². The molecule has 0 atom stereocenters. The Morgan fingerprint density at radius 3 is 2.71 bits per heavy atom. The molecule has 0 saturated carbocycles. The van der Waals surface area contributed by atoms with E-state index in [1.807, 2.05) is 0 Å². The van der Waals surface area contributed by atoms with Crippen molar-refractivity contribution in [1.29, 1.82) is 0 Å². The maximum atomic E-state index is 13.2. The fourth-order valence-corrected chi connectivity index (χ4v) is 1.23. The smallest absolute Gasteiger partial charge is 0.315 e. The molecular weight excluding hydrogens is 294 g/mol. The molecule has 0 aliphatic carbocycles. The first-order valence-corrected chi connectivity index (χ1v) is 5.57. The molecule has 6 heteroatoms. The van der Waals surface area contributed by atoms with Gasteiger partial charge in [-0.3, -0.25) is 0 Å². The predicted molar refractivity (Wildman–Crippen MR) is 64.7 cm³/mol. The van der Waals surface area contributed by atoms with E-state index in [0.29, 0.717) is 4.48 Å². The van der Waals surface area contributed by atoms with E-state index in [1.54, 1.807) is 0 Å². The van der Waals surface area contributed by atoms with Crippen LogP contribution in [0.3, 0.4) is 0 Å². The van der Waals surface area contributed by atoms with Gasteiger partial charge in [-0.05, 0) is 18.2 Å². The van der Waals surface area contributed by atoms with Gasteiger partial charge in [0.25, 0.3) is 0 Å². The Morgan fingerprint density at radius 1 is 1.35 bits per heavy atom. The van der Waals surface area contributed by atoms with Gasteiger partial charge in [-0.25, -0.2) is 13.6 Å². The van der Waals surface area contributed by atoms with E-state index in [9.17, 15) is 13.6 Å². The van der Waals surface area contributed by atoms with E-state index in [4.69, 9.17) is 0 Å². The first-order chi connectivity index (χ1) is 7.99. The second-order valence-corrected chi connectivity index (χ2v) is 4.41. The van der Waals surface area contributed by atoms with Gasteiger partial charge in [0.2, 0.25) is 0 Å². The molecular formula is C11H11BrF2N2O. The lowest BCUT2D eigenvalue weighted by Gasteiger charge is -2.07. The second kappa shape index (κ2) is 6.34. The number of nitrogens with one attached hydrogen (secondary N) is 2. The summed E-state index contributed by atoms with van der Waals surface area (Å²) < 4.78 is 26.6. The summed E-state index contributed by atoms with van der Waals surface area (Å²) in [6, 6.07) is 2.60. The number of rotatable bonds is 4. The molecule has 0 aliphatic rings. The summed E-state index contributed by atoms with van der Waals surface area (Å²) >= 11 is 3.07. The van der Waals surface area contributed by atoms with Gasteiger partial charge in [-0.15, -0.1) is 0 Å². The number of hydrogen-bond acceptors (Lipinski definition) is 1. The van der Waals surface area contributed by atoms with Crippen LogP contribution in [0.5, 0.6) is 0 Å². The molecule has 0 aromatic heterocycles. The van der Waals surface area contributed by atoms with Crippen LogP contribution in [-0.4, -0.2) is 12.6 Å². The molecule has 17 heavy (non-hydrogen) atoms. The van der Waals surface area contributed by atoms with Gasteiger partial charge in [0.1, 0.15) is 11.6 Å². The maximum Gasteiger partial charge on any atom is 0.315 e. The second-order valence-electron chi connectivity index (χ2n) is 3.29. The summed E-state index contributed by atoms with van der Waals surface area (Å²) in [4.78, 5) is 11.2. The number of carbonyl (C=O) groups is 1. The van der Waals surface area contributed by atoms with Crippen LogP contribution in [0.25, 0.3) is 0 Å². The Bertz CT molecular complexity index is 437. The molecule has 2 amide bonds. The van der Waals surface area contributed by atoms with Gasteiger partial charge >= 0.3 is 6.03 Å². The molecule has 0 fully saturated rings. The highest BCUT2D eigenvalue weighted by molar-refractivity contribution is 9.11. The minimum absolute atomic E-state index is 0.0792. The van der Waals surface area contributed by atoms with Crippen molar-refractivity contribution < 1.29 is 13.6 Å². The zero-order valence-corrected chi connectivity index (χ0v) is 10.5. The van der Waals surface area contributed by atoms with E-state index in [1.165, 1.54) is 0 Å². The molecule has 0 unspecified atom stereocenters. The van der Waals surface area contributed by atoms with Crippen molar-refractivity contribution in [3.05, 3.63) is 46.5 Å². The molecule has 0 heterocycles. The summed E-state index contributed by atoms with van der Waals surface area (Å²) in [7, 11) is 0. The van der Waals surface area contributed by atoms with Crippen molar-refractivity contribution in [1.82, 2.24) is 10.6 Å². The monoisotopic (exact) mass is 304 g/mol. The summed E-state index contributed by atoms with van der Waals surface area (Å²) in [6.45, 7) is 3.72. The van der Waals surface area contributed by atoms with Crippen molar-refractivity contribution in [3.8, 4) is 0 Å². The molecule has 0 spiro atoms. The zero-order valence-electron chi connectivity index (χ0n) is 8.90. The van der Waals surface area contributed by atoms with E-state index in [0.717, 1.165) is 18.2 Å². The number of carbonyl (C=O) groups excluding carboxylic acids is 1. The molecule has 1 aromatic rings. The number of amides is 2. The molecule has 3 nitrogen and oxygen atoms in total. The highest BCUT2D eigenvalue weighted by atomic mass is 79.9. The Hall–Kier alpha value is -1.43. The van der Waals surface area contributed by atoms with Crippen LogP contribution < -0.4 is 10.6 Å². The van der Waals surface area contributed by atoms with E-state index in [2.05, 4.69) is 33.1 Å². The lowest BCUT2D eigenvalue weighted by molar-refractivity contribution is 0.241. The van der Waals surface area contributed by atoms with E-state index >= 15 is 0 Å². The van der Waals surface area contributed by atoms with Crippen molar-refractivity contribution in [3.63, 3.8) is 0 Å². The quantitative estimate of drug-likeness (QED) is 0.882. The molecule has 92 valence electrons. The van der Waals surface area contributed by atoms with Gasteiger partial charge in [0.15, 0.2) is 0 Å². The summed E-state index contributed by atoms with van der Waals surface area (Å²) in [6.07, 6.45) is 0. The third kappa shape index (κ3) is 4.95. The van der Waals surface area contributed by atoms with Gasteiger partial charge in [-0.1, -0.05) is 22.5 Å². The van der Waals surface area contributed by atoms with Crippen molar-refractivity contribution >= 4 is 22.0 Å². The lowest BCUT2D eigenvalue weighted by atomic mass is 10.2. The normalized spacial score (nSPS) is 9.82. The third-order valence-corrected chi connectivity index (χ3v) is 2.17. The minimum atomic E-state index is -0.559. The first-order valence-electron chi connectivity index (χ1n) is 4.78. The Morgan fingerprint density at radius 2 is 2.06 bits per heavy atom. The topological polar surface area (TPSA) is 41.1 Å². The molecule has 0 radical (unpaired) electrons. The van der Waals surface area contributed by atoms with Crippen molar-refractivity contribution in [2.24, 2.45) is 0 Å². The number of benzene rings is 1. The zero-order chi connectivity index (χ0) is 12.8. The van der Waals surface area contributed by atoms with Crippen molar-refractivity contribution in [2.45, 2.75) is 6.54 Å². The highest BCUT2D eigenvalue weighted by Crippen LogP contribution is 2.09. The average molecular weight is 305 g/mol. The third-order valence-electron chi connectivity index (χ3n) is 1.89. The number of halogens is 3. The standard InChI is InChI=1S/C11H11BrF2N2O/c1-7(12)5-15-11(17)16-6-8-4-9(13)2-3-10(8)14/h2-4H,1,5-6H2,(H2,15,16,17). The Balaban J connectivity index is 2.47. The summed E-state index contributed by atoms with van der Waals surface area (Å²) in [5.74, 6) is -1.10. The fraction of sp³-hybridized carbons (Fsp3) is 0.182. The van der Waals surface area contributed by atoms with Gasteiger partial charge < -0.3 is 10.6 Å². The van der Waals surface area contributed by atoms with Crippen LogP contribution in [0.15, 0.2) is 29.3 Å². The molecule has 0 saturated heterocycles. The number of hydrogen-bond donors (Lipinski definition) is 2. The van der Waals surface area contributed by atoms with Crippen LogP contribution in [0.2, 0.25) is 0 Å². The predicted octanol–water partition coefficient (Wildman–Crippen LogP) is 2.67. The van der Waals surface area contributed by atoms with E-state index < -0.39 is 17.7 Å². The van der Waals surface area contributed by atoms with E-state index in [-0.39, 0.29) is 18.7 Å². The maximum absolute atomic E-state index is 13.2. The summed E-state index contributed by atoms with van der Waals surface area (Å²) in [5, 5.41) is 4.88. The molecule has 0 aliphatic heterocycles. The van der Waals surface area contributed by atoms with Crippen LogP contribution in [0, 0.1) is 11.6 Å². The molecule has 2 N–H and O–H groups in total. The summed E-state index contributed by atoms with van der Waals surface area (Å²) in [5.41, 5.74) is 0.0952. The van der Waals surface area contributed by atoms with Gasteiger partial charge in [-0.2, -0.15) is 0 Å². The van der Waals surface area contributed by atoms with Gasteiger partial charge in [0.05, 0.1) is 6.54 Å². The fourth-order valence-electron chi connectivity index (χ4n) is 1.09. The highest BCUT2D eigenvalue weighted by Gasteiger charge is 2.05.